The van der Waals surface area contributed by atoms with Crippen molar-refractivity contribution in [1.82, 2.24) is 0 Å². The molecule has 0 spiro atoms. The fourth-order valence-corrected chi connectivity index (χ4v) is 8.86. The molecule has 3 aromatic carbocycles. The Morgan fingerprint density at radius 3 is 2.12 bits per heavy atom. The molecule has 1 aliphatic rings. The van der Waals surface area contributed by atoms with E-state index in [-0.39, 0.29) is 25.6 Å². The molecular formula is C34H43F3NO4P. The highest BCUT2D eigenvalue weighted by Crippen LogP contribution is 2.67. The second-order valence-electron chi connectivity index (χ2n) is 13.4. The van der Waals surface area contributed by atoms with Gasteiger partial charge >= 0.3 is 6.18 Å². The maximum Gasteiger partial charge on any atom is 0.419 e. The number of hydrogen-bond acceptors (Lipinski definition) is 5. The number of aryl methyl sites for hydroxylation is 1. The monoisotopic (exact) mass is 617 g/mol. The minimum Gasteiger partial charge on any atom is -0.493 e. The van der Waals surface area contributed by atoms with Crippen LogP contribution in [0.3, 0.4) is 0 Å². The van der Waals surface area contributed by atoms with E-state index in [0.717, 1.165) is 22.4 Å². The van der Waals surface area contributed by atoms with Crippen LogP contribution in [0.25, 0.3) is 10.8 Å². The molecule has 4 rings (SSSR count). The van der Waals surface area contributed by atoms with Gasteiger partial charge in [0.1, 0.15) is 17.9 Å². The summed E-state index contributed by atoms with van der Waals surface area (Å²) < 4.78 is 74.1. The molecule has 5 nitrogen and oxygen atoms in total. The summed E-state index contributed by atoms with van der Waals surface area (Å²) in [7, 11) is -3.17. The zero-order chi connectivity index (χ0) is 31.7. The highest BCUT2D eigenvalue weighted by atomic mass is 31.2. The third-order valence-corrected chi connectivity index (χ3v) is 11.9. The summed E-state index contributed by atoms with van der Waals surface area (Å²) in [5.74, 6) is 0.292. The van der Waals surface area contributed by atoms with Crippen LogP contribution in [0.15, 0.2) is 65.7 Å². The number of halogens is 3. The number of fused-ring (bicyclic) bond motifs is 1. The molecule has 0 amide bonds. The van der Waals surface area contributed by atoms with E-state index >= 15 is 0 Å². The minimum atomic E-state index is -4.58. The minimum absolute atomic E-state index is 0.0538. The van der Waals surface area contributed by atoms with Gasteiger partial charge in [-0.3, -0.25) is 4.57 Å². The van der Waals surface area contributed by atoms with Crippen LogP contribution in [0.1, 0.15) is 71.6 Å². The Morgan fingerprint density at radius 2 is 1.51 bits per heavy atom. The van der Waals surface area contributed by atoms with Crippen LogP contribution in [0.5, 0.6) is 5.75 Å². The van der Waals surface area contributed by atoms with Crippen LogP contribution in [0, 0.1) is 0 Å². The van der Waals surface area contributed by atoms with Crippen molar-refractivity contribution in [3.05, 3.63) is 77.4 Å². The molecule has 1 unspecified atom stereocenters. The Labute approximate surface area is 253 Å². The second-order valence-corrected chi connectivity index (χ2v) is 17.5. The van der Waals surface area contributed by atoms with Gasteiger partial charge in [0, 0.05) is 23.7 Å². The maximum absolute atomic E-state index is 14.1. The Hall–Kier alpha value is -2.83. The van der Waals surface area contributed by atoms with Gasteiger partial charge in [0.25, 0.3) is 0 Å². The molecule has 0 aromatic heterocycles. The first kappa shape index (κ1) is 33.1. The molecule has 3 aromatic rings. The highest BCUT2D eigenvalue weighted by molar-refractivity contribution is 7.62. The number of nitrogens with zero attached hydrogens (tertiary/aromatic N) is 1. The molecule has 0 bridgehead atoms. The number of benzene rings is 3. The molecule has 9 heteroatoms. The van der Waals surface area contributed by atoms with Crippen molar-refractivity contribution in [3.63, 3.8) is 0 Å². The topological polar surface area (TPSA) is 57.1 Å². The SMILES string of the molecule is CC1=NC(CCc2ccc(OCCc3ccc4ccccc4c3)c(C(F)(F)F)c2)(COP(=O)(C(C)(C)C)C(C)(C)C)CO1. The summed E-state index contributed by atoms with van der Waals surface area (Å²) in [6.07, 6.45) is -3.42. The quantitative estimate of drug-likeness (QED) is 0.213. The molecule has 0 aliphatic carbocycles. The molecule has 43 heavy (non-hydrogen) atoms. The lowest BCUT2D eigenvalue weighted by Crippen LogP contribution is -2.38. The smallest absolute Gasteiger partial charge is 0.419 e. The normalized spacial score (nSPS) is 18.0. The summed E-state index contributed by atoms with van der Waals surface area (Å²) in [5.41, 5.74) is -0.151. The molecular weight excluding hydrogens is 574 g/mol. The van der Waals surface area contributed by atoms with Gasteiger partial charge in [0.2, 0.25) is 7.37 Å². The predicted molar refractivity (Wildman–Crippen MR) is 168 cm³/mol. The first-order chi connectivity index (χ1) is 19.9. The average Bonchev–Trinajstić information content (AvgIpc) is 3.30. The molecule has 0 radical (unpaired) electrons. The summed E-state index contributed by atoms with van der Waals surface area (Å²) in [4.78, 5) is 4.68. The fourth-order valence-electron chi connectivity index (χ4n) is 5.65. The Balaban J connectivity index is 1.47. The average molecular weight is 618 g/mol. The highest BCUT2D eigenvalue weighted by Gasteiger charge is 2.50. The standard InChI is InChI=1S/C34H43F3NO4P/c1-24-38-33(22-41-24,23-42-43(39,31(2,3)4)32(5,6)7)18-16-25-13-15-30(29(21-25)34(35,36)37)40-19-17-26-12-14-27-10-8-9-11-28(27)20-26/h8-15,20-21H,16-19,22-23H2,1-7H3. The van der Waals surface area contributed by atoms with Crippen LogP contribution in [0.4, 0.5) is 13.2 Å². The Bertz CT molecular complexity index is 1500. The molecule has 1 atom stereocenters. The van der Waals surface area contributed by atoms with Crippen molar-refractivity contribution in [2.24, 2.45) is 4.99 Å². The van der Waals surface area contributed by atoms with E-state index in [0.29, 0.717) is 30.7 Å². The third-order valence-electron chi connectivity index (χ3n) is 7.92. The number of rotatable bonds is 10. The summed E-state index contributed by atoms with van der Waals surface area (Å²) in [6.45, 7) is 13.5. The van der Waals surface area contributed by atoms with Crippen LogP contribution >= 0.6 is 7.37 Å². The van der Waals surface area contributed by atoms with Crippen molar-refractivity contribution in [1.29, 1.82) is 0 Å². The van der Waals surface area contributed by atoms with Crippen molar-refractivity contribution in [3.8, 4) is 5.75 Å². The van der Waals surface area contributed by atoms with Crippen LogP contribution in [0.2, 0.25) is 0 Å². The van der Waals surface area contributed by atoms with Gasteiger partial charge in [0.05, 0.1) is 18.8 Å². The van der Waals surface area contributed by atoms with Crippen LogP contribution in [-0.4, -0.2) is 41.6 Å². The van der Waals surface area contributed by atoms with Crippen LogP contribution in [-0.2, 0) is 32.8 Å². The lowest BCUT2D eigenvalue weighted by molar-refractivity contribution is -0.139. The molecule has 0 N–H and O–H groups in total. The van der Waals surface area contributed by atoms with E-state index in [2.05, 4.69) is 4.99 Å². The number of aliphatic imine (C=N–C) groups is 1. The molecule has 0 saturated heterocycles. The summed E-state index contributed by atoms with van der Waals surface area (Å²) in [5, 5.41) is 0.987. The number of hydrogen-bond donors (Lipinski definition) is 0. The van der Waals surface area contributed by atoms with Crippen molar-refractivity contribution < 1.29 is 31.7 Å². The van der Waals surface area contributed by atoms with Gasteiger partial charge in [-0.2, -0.15) is 13.2 Å². The summed E-state index contributed by atoms with van der Waals surface area (Å²) >= 11 is 0. The van der Waals surface area contributed by atoms with Gasteiger partial charge in [-0.15, -0.1) is 0 Å². The zero-order valence-corrected chi connectivity index (χ0v) is 27.1. The fraction of sp³-hybridized carbons (Fsp3) is 0.500. The predicted octanol–water partition coefficient (Wildman–Crippen LogP) is 9.49. The van der Waals surface area contributed by atoms with Gasteiger partial charge in [0.15, 0.2) is 5.90 Å². The van der Waals surface area contributed by atoms with Crippen molar-refractivity contribution in [2.45, 2.75) is 89.8 Å². The Morgan fingerprint density at radius 1 is 0.884 bits per heavy atom. The molecule has 0 saturated carbocycles. The number of alkyl halides is 3. The first-order valence-corrected chi connectivity index (χ1v) is 16.3. The van der Waals surface area contributed by atoms with Crippen molar-refractivity contribution >= 4 is 24.0 Å². The van der Waals surface area contributed by atoms with E-state index < -0.39 is 35.0 Å². The lowest BCUT2D eigenvalue weighted by atomic mass is 9.93. The molecule has 1 aliphatic heterocycles. The number of ether oxygens (including phenoxy) is 2. The van der Waals surface area contributed by atoms with E-state index in [9.17, 15) is 17.7 Å². The van der Waals surface area contributed by atoms with Gasteiger partial charge in [-0.1, -0.05) is 90.1 Å². The first-order valence-electron chi connectivity index (χ1n) is 14.7. The molecule has 1 heterocycles. The zero-order valence-electron chi connectivity index (χ0n) is 26.2. The maximum atomic E-state index is 14.1. The Kier molecular flexibility index (Phi) is 9.44. The van der Waals surface area contributed by atoms with E-state index in [1.807, 2.05) is 84.0 Å². The van der Waals surface area contributed by atoms with E-state index in [1.54, 1.807) is 13.0 Å². The van der Waals surface area contributed by atoms with Gasteiger partial charge in [-0.05, 0) is 46.9 Å². The van der Waals surface area contributed by atoms with Gasteiger partial charge in [-0.25, -0.2) is 4.99 Å². The van der Waals surface area contributed by atoms with Crippen molar-refractivity contribution in [2.75, 3.05) is 19.8 Å². The van der Waals surface area contributed by atoms with E-state index in [1.165, 1.54) is 6.07 Å². The lowest BCUT2D eigenvalue weighted by Gasteiger charge is -2.41. The largest absolute Gasteiger partial charge is 0.493 e. The van der Waals surface area contributed by atoms with Crippen LogP contribution < -0.4 is 4.74 Å². The second kappa shape index (κ2) is 12.3. The molecule has 0 fully saturated rings. The third kappa shape index (κ3) is 7.64. The summed E-state index contributed by atoms with van der Waals surface area (Å²) in [6, 6.07) is 18.2. The molecule has 234 valence electrons. The van der Waals surface area contributed by atoms with Gasteiger partial charge < -0.3 is 14.0 Å². The van der Waals surface area contributed by atoms with E-state index in [4.69, 9.17) is 14.0 Å².